The first-order valence-electron chi connectivity index (χ1n) is 6.67. The van der Waals surface area contributed by atoms with E-state index in [-0.39, 0.29) is 5.91 Å². The number of hydrogen-bond donors (Lipinski definition) is 1. The second-order valence-electron chi connectivity index (χ2n) is 4.82. The lowest BCUT2D eigenvalue weighted by atomic mass is 9.99. The predicted octanol–water partition coefficient (Wildman–Crippen LogP) is 4.69. The van der Waals surface area contributed by atoms with Gasteiger partial charge >= 0.3 is 0 Å². The third-order valence-electron chi connectivity index (χ3n) is 3.32. The molecule has 0 aliphatic heterocycles. The van der Waals surface area contributed by atoms with Gasteiger partial charge in [-0.25, -0.2) is 0 Å². The molecule has 0 aliphatic carbocycles. The fourth-order valence-electron chi connectivity index (χ4n) is 2.13. The van der Waals surface area contributed by atoms with Crippen molar-refractivity contribution in [1.82, 2.24) is 5.32 Å². The van der Waals surface area contributed by atoms with E-state index in [1.165, 1.54) is 0 Å². The lowest BCUT2D eigenvalue weighted by molar-refractivity contribution is 0.0952. The highest BCUT2D eigenvalue weighted by Gasteiger charge is 2.16. The summed E-state index contributed by atoms with van der Waals surface area (Å²) in [6.07, 6.45) is 2.25. The van der Waals surface area contributed by atoms with Crippen LogP contribution in [0, 0.1) is 12.8 Å². The topological polar surface area (TPSA) is 29.1 Å². The van der Waals surface area contributed by atoms with Crippen molar-refractivity contribution in [3.05, 3.63) is 33.8 Å². The number of aryl methyl sites for hydroxylation is 1. The lowest BCUT2D eigenvalue weighted by Gasteiger charge is -2.20. The van der Waals surface area contributed by atoms with Crippen molar-refractivity contribution >= 4 is 37.8 Å². The molecule has 0 spiro atoms. The van der Waals surface area contributed by atoms with E-state index in [9.17, 15) is 4.79 Å². The van der Waals surface area contributed by atoms with Gasteiger partial charge in [-0.2, -0.15) is 0 Å². The van der Waals surface area contributed by atoms with Gasteiger partial charge in [0.15, 0.2) is 0 Å². The normalized spacial score (nSPS) is 12.5. The van der Waals surface area contributed by atoms with Crippen LogP contribution >= 0.6 is 31.9 Å². The summed E-state index contributed by atoms with van der Waals surface area (Å²) in [6, 6.07) is 5.75. The molecule has 0 aromatic heterocycles. The Balaban J connectivity index is 2.60. The second kappa shape index (κ2) is 8.05. The van der Waals surface area contributed by atoms with Crippen molar-refractivity contribution in [3.8, 4) is 0 Å². The minimum absolute atomic E-state index is 0.0141. The van der Waals surface area contributed by atoms with Crippen LogP contribution in [0.1, 0.15) is 42.6 Å². The summed E-state index contributed by atoms with van der Waals surface area (Å²) in [7, 11) is 0. The van der Waals surface area contributed by atoms with Gasteiger partial charge in [-0.3, -0.25) is 4.79 Å². The van der Waals surface area contributed by atoms with Gasteiger partial charge in [0.1, 0.15) is 0 Å². The van der Waals surface area contributed by atoms with Crippen LogP contribution in [0.2, 0.25) is 0 Å². The van der Waals surface area contributed by atoms with E-state index >= 15 is 0 Å². The predicted molar refractivity (Wildman–Crippen MR) is 88.0 cm³/mol. The van der Waals surface area contributed by atoms with Gasteiger partial charge in [-0.15, -0.1) is 0 Å². The average Bonchev–Trinajstić information content (AvgIpc) is 2.36. The van der Waals surface area contributed by atoms with Gasteiger partial charge in [-0.1, -0.05) is 58.5 Å². The number of hydrogen-bond acceptors (Lipinski definition) is 1. The Morgan fingerprint density at radius 3 is 2.42 bits per heavy atom. The quantitative estimate of drug-likeness (QED) is 0.701. The lowest BCUT2D eigenvalue weighted by Crippen LogP contribution is -2.32. The van der Waals surface area contributed by atoms with Crippen LogP contribution in [0.4, 0.5) is 0 Å². The highest BCUT2D eigenvalue weighted by Crippen LogP contribution is 2.20. The SMILES string of the molecule is CCC(CC)C(Br)CNC(=O)c1cc(C)cc(Br)c1. The molecule has 106 valence electrons. The molecule has 0 saturated carbocycles. The molecule has 4 heteroatoms. The summed E-state index contributed by atoms with van der Waals surface area (Å²) in [6.45, 7) is 7.01. The molecule has 19 heavy (non-hydrogen) atoms. The number of halogens is 2. The summed E-state index contributed by atoms with van der Waals surface area (Å²) in [5.41, 5.74) is 1.78. The van der Waals surface area contributed by atoms with Crippen molar-refractivity contribution in [2.45, 2.75) is 38.4 Å². The van der Waals surface area contributed by atoms with Gasteiger partial charge < -0.3 is 5.32 Å². The van der Waals surface area contributed by atoms with Crippen molar-refractivity contribution in [2.24, 2.45) is 5.92 Å². The third-order valence-corrected chi connectivity index (χ3v) is 4.85. The number of carbonyl (C=O) groups excluding carboxylic acids is 1. The van der Waals surface area contributed by atoms with Crippen LogP contribution in [0.15, 0.2) is 22.7 Å². The van der Waals surface area contributed by atoms with Gasteiger partial charge in [0, 0.05) is 21.4 Å². The monoisotopic (exact) mass is 389 g/mol. The highest BCUT2D eigenvalue weighted by atomic mass is 79.9. The Kier molecular flexibility index (Phi) is 7.08. The zero-order valence-electron chi connectivity index (χ0n) is 11.7. The number of benzene rings is 1. The molecule has 0 radical (unpaired) electrons. The van der Waals surface area contributed by atoms with Crippen LogP contribution in [0.25, 0.3) is 0 Å². The fourth-order valence-corrected chi connectivity index (χ4v) is 3.64. The maximum atomic E-state index is 12.1. The van der Waals surface area contributed by atoms with Crippen LogP contribution < -0.4 is 5.32 Å². The molecule has 1 N–H and O–H groups in total. The summed E-state index contributed by atoms with van der Waals surface area (Å²) in [5, 5.41) is 3.00. The molecule has 0 saturated heterocycles. The van der Waals surface area contributed by atoms with Crippen molar-refractivity contribution in [1.29, 1.82) is 0 Å². The molecule has 1 unspecified atom stereocenters. The van der Waals surface area contributed by atoms with E-state index in [0.29, 0.717) is 22.9 Å². The average molecular weight is 391 g/mol. The van der Waals surface area contributed by atoms with Crippen molar-refractivity contribution in [2.75, 3.05) is 6.54 Å². The molecule has 1 aromatic carbocycles. The van der Waals surface area contributed by atoms with E-state index < -0.39 is 0 Å². The van der Waals surface area contributed by atoms with Gasteiger partial charge in [0.25, 0.3) is 5.91 Å². The highest BCUT2D eigenvalue weighted by molar-refractivity contribution is 9.10. The van der Waals surface area contributed by atoms with Crippen LogP contribution in [0.3, 0.4) is 0 Å². The van der Waals surface area contributed by atoms with E-state index in [1.54, 1.807) is 0 Å². The number of amides is 1. The number of alkyl halides is 1. The van der Waals surface area contributed by atoms with Gasteiger partial charge in [0.05, 0.1) is 0 Å². The molecule has 1 atom stereocenters. The largest absolute Gasteiger partial charge is 0.351 e. The molecule has 2 nitrogen and oxygen atoms in total. The first-order chi connectivity index (χ1) is 8.97. The Morgan fingerprint density at radius 1 is 1.26 bits per heavy atom. The van der Waals surface area contributed by atoms with Gasteiger partial charge in [0.2, 0.25) is 0 Å². The molecule has 0 bridgehead atoms. The van der Waals surface area contributed by atoms with Crippen molar-refractivity contribution < 1.29 is 4.79 Å². The third kappa shape index (κ3) is 5.27. The summed E-state index contributed by atoms with van der Waals surface area (Å²) < 4.78 is 0.938. The maximum absolute atomic E-state index is 12.1. The Labute approximate surface area is 132 Å². The standard InChI is InChI=1S/C15H21Br2NO/c1-4-11(5-2)14(17)9-18-15(19)12-6-10(3)7-13(16)8-12/h6-8,11,14H,4-5,9H2,1-3H3,(H,18,19). The molecule has 0 fully saturated rings. The molecule has 1 rings (SSSR count). The van der Waals surface area contributed by atoms with E-state index in [1.807, 2.05) is 25.1 Å². The van der Waals surface area contributed by atoms with Crippen molar-refractivity contribution in [3.63, 3.8) is 0 Å². The number of nitrogens with one attached hydrogen (secondary N) is 1. The minimum Gasteiger partial charge on any atom is -0.351 e. The first-order valence-corrected chi connectivity index (χ1v) is 8.38. The smallest absolute Gasteiger partial charge is 0.251 e. The van der Waals surface area contributed by atoms with E-state index in [0.717, 1.165) is 22.9 Å². The van der Waals surface area contributed by atoms with Gasteiger partial charge in [-0.05, 0) is 36.6 Å². The van der Waals surface area contributed by atoms with E-state index in [2.05, 4.69) is 51.0 Å². The Bertz CT molecular complexity index is 410. The van der Waals surface area contributed by atoms with Crippen LogP contribution in [-0.4, -0.2) is 17.3 Å². The van der Waals surface area contributed by atoms with E-state index in [4.69, 9.17) is 0 Å². The molecular formula is C15H21Br2NO. The molecule has 1 amide bonds. The van der Waals surface area contributed by atoms with Crippen LogP contribution in [-0.2, 0) is 0 Å². The zero-order chi connectivity index (χ0) is 14.4. The second-order valence-corrected chi connectivity index (χ2v) is 6.91. The summed E-state index contributed by atoms with van der Waals surface area (Å²) >= 11 is 7.09. The van der Waals surface area contributed by atoms with Crippen LogP contribution in [0.5, 0.6) is 0 Å². The maximum Gasteiger partial charge on any atom is 0.251 e. The summed E-state index contributed by atoms with van der Waals surface area (Å²) in [5.74, 6) is 0.587. The fraction of sp³-hybridized carbons (Fsp3) is 0.533. The molecule has 0 heterocycles. The number of carbonyl (C=O) groups is 1. The minimum atomic E-state index is -0.0141. The summed E-state index contributed by atoms with van der Waals surface area (Å²) in [4.78, 5) is 12.4. The Hall–Kier alpha value is -0.350. The molecule has 0 aliphatic rings. The zero-order valence-corrected chi connectivity index (χ0v) is 14.8. The molecule has 1 aromatic rings. The number of rotatable bonds is 6. The molecular weight excluding hydrogens is 370 g/mol. The first kappa shape index (κ1) is 16.7. The Morgan fingerprint density at radius 2 is 1.89 bits per heavy atom.